The van der Waals surface area contributed by atoms with Crippen molar-refractivity contribution in [3.8, 4) is 0 Å². The zero-order chi connectivity index (χ0) is 19.0. The molecule has 1 aliphatic rings. The molecule has 0 saturated carbocycles. The average molecular weight is 370 g/mol. The Kier molecular flexibility index (Phi) is 4.35. The number of anilines is 1. The van der Waals surface area contributed by atoms with E-state index in [0.717, 1.165) is 5.69 Å². The quantitative estimate of drug-likeness (QED) is 0.676. The van der Waals surface area contributed by atoms with Gasteiger partial charge in [0.1, 0.15) is 24.1 Å². The van der Waals surface area contributed by atoms with E-state index in [1.54, 1.807) is 24.1 Å². The Morgan fingerprint density at radius 2 is 1.85 bits per heavy atom. The standard InChI is InChI=1S/C18H19FN6O2/c1-22-17-15(10-21-22)18(27)25(12-20-17)11-16(26)24-8-6-23(7-9-24)14-4-2-13(19)3-5-14/h2-5,10,12H,6-9,11H2,1H3. The Balaban J connectivity index is 1.42. The van der Waals surface area contributed by atoms with Crippen LogP contribution in [0.5, 0.6) is 0 Å². The van der Waals surface area contributed by atoms with E-state index in [1.807, 2.05) is 0 Å². The lowest BCUT2D eigenvalue weighted by molar-refractivity contribution is -0.132. The first-order valence-corrected chi connectivity index (χ1v) is 8.68. The van der Waals surface area contributed by atoms with Crippen LogP contribution in [0.3, 0.4) is 0 Å². The summed E-state index contributed by atoms with van der Waals surface area (Å²) >= 11 is 0. The number of halogens is 1. The first-order chi connectivity index (χ1) is 13.0. The monoisotopic (exact) mass is 370 g/mol. The average Bonchev–Trinajstić information content (AvgIpc) is 3.06. The van der Waals surface area contributed by atoms with Crippen LogP contribution < -0.4 is 10.5 Å². The normalized spacial score (nSPS) is 14.7. The highest BCUT2D eigenvalue weighted by Crippen LogP contribution is 2.17. The third-order valence-corrected chi connectivity index (χ3v) is 4.85. The van der Waals surface area contributed by atoms with Crippen molar-refractivity contribution in [2.75, 3.05) is 31.1 Å². The molecule has 0 spiro atoms. The zero-order valence-corrected chi connectivity index (χ0v) is 14.9. The highest BCUT2D eigenvalue weighted by Gasteiger charge is 2.22. The summed E-state index contributed by atoms with van der Waals surface area (Å²) in [6.45, 7) is 2.37. The summed E-state index contributed by atoms with van der Waals surface area (Å²) in [6.07, 6.45) is 2.85. The van der Waals surface area contributed by atoms with Crippen molar-refractivity contribution in [2.24, 2.45) is 7.05 Å². The molecule has 1 fully saturated rings. The molecule has 9 heteroatoms. The second-order valence-corrected chi connectivity index (χ2v) is 6.53. The van der Waals surface area contributed by atoms with Crippen molar-refractivity contribution in [1.29, 1.82) is 0 Å². The number of benzene rings is 1. The van der Waals surface area contributed by atoms with Crippen LogP contribution in [0, 0.1) is 5.82 Å². The van der Waals surface area contributed by atoms with Gasteiger partial charge in [-0.25, -0.2) is 9.37 Å². The molecule has 2 aromatic heterocycles. The van der Waals surface area contributed by atoms with Gasteiger partial charge in [-0.2, -0.15) is 5.10 Å². The van der Waals surface area contributed by atoms with E-state index >= 15 is 0 Å². The van der Waals surface area contributed by atoms with Gasteiger partial charge in [-0.3, -0.25) is 18.8 Å². The van der Waals surface area contributed by atoms with E-state index in [-0.39, 0.29) is 23.8 Å². The molecular weight excluding hydrogens is 351 g/mol. The summed E-state index contributed by atoms with van der Waals surface area (Å²) in [7, 11) is 1.71. The Morgan fingerprint density at radius 1 is 1.15 bits per heavy atom. The summed E-state index contributed by atoms with van der Waals surface area (Å²) in [4.78, 5) is 33.1. The second kappa shape index (κ2) is 6.82. The maximum Gasteiger partial charge on any atom is 0.264 e. The fourth-order valence-electron chi connectivity index (χ4n) is 3.29. The molecule has 3 heterocycles. The maximum absolute atomic E-state index is 13.1. The van der Waals surface area contributed by atoms with Crippen LogP contribution in [-0.4, -0.2) is 56.3 Å². The molecule has 0 N–H and O–H groups in total. The summed E-state index contributed by atoms with van der Waals surface area (Å²) < 4.78 is 15.9. The summed E-state index contributed by atoms with van der Waals surface area (Å²) in [5, 5.41) is 4.42. The smallest absolute Gasteiger partial charge is 0.264 e. The van der Waals surface area contributed by atoms with Crippen molar-refractivity contribution in [1.82, 2.24) is 24.2 Å². The Hall–Kier alpha value is -3.23. The van der Waals surface area contributed by atoms with E-state index in [0.29, 0.717) is 37.2 Å². The molecule has 140 valence electrons. The molecule has 0 radical (unpaired) electrons. The fraction of sp³-hybridized carbons (Fsp3) is 0.333. The lowest BCUT2D eigenvalue weighted by atomic mass is 10.2. The van der Waals surface area contributed by atoms with Gasteiger partial charge in [-0.15, -0.1) is 0 Å². The van der Waals surface area contributed by atoms with Crippen molar-refractivity contribution in [2.45, 2.75) is 6.54 Å². The number of aromatic nitrogens is 4. The number of fused-ring (bicyclic) bond motifs is 1. The third kappa shape index (κ3) is 3.27. The topological polar surface area (TPSA) is 76.3 Å². The fourth-order valence-corrected chi connectivity index (χ4v) is 3.29. The van der Waals surface area contributed by atoms with Crippen LogP contribution in [0.15, 0.2) is 41.6 Å². The summed E-state index contributed by atoms with van der Waals surface area (Å²) in [5.74, 6) is -0.391. The SMILES string of the molecule is Cn1ncc2c(=O)n(CC(=O)N3CCN(c4ccc(F)cc4)CC3)cnc21. The zero-order valence-electron chi connectivity index (χ0n) is 14.9. The molecule has 0 bridgehead atoms. The number of rotatable bonds is 3. The van der Waals surface area contributed by atoms with Crippen LogP contribution in [0.2, 0.25) is 0 Å². The number of nitrogens with zero attached hydrogens (tertiary/aromatic N) is 6. The van der Waals surface area contributed by atoms with Gasteiger partial charge in [-0.05, 0) is 24.3 Å². The van der Waals surface area contributed by atoms with Gasteiger partial charge in [0.15, 0.2) is 5.65 Å². The number of hydrogen-bond acceptors (Lipinski definition) is 5. The van der Waals surface area contributed by atoms with Gasteiger partial charge < -0.3 is 9.80 Å². The lowest BCUT2D eigenvalue weighted by Gasteiger charge is -2.36. The predicted molar refractivity (Wildman–Crippen MR) is 98.0 cm³/mol. The number of carbonyl (C=O) groups excluding carboxylic acids is 1. The summed E-state index contributed by atoms with van der Waals surface area (Å²) in [5.41, 5.74) is 1.16. The molecular formula is C18H19FN6O2. The van der Waals surface area contributed by atoms with E-state index in [1.165, 1.54) is 33.9 Å². The molecule has 27 heavy (non-hydrogen) atoms. The van der Waals surface area contributed by atoms with Gasteiger partial charge in [-0.1, -0.05) is 0 Å². The van der Waals surface area contributed by atoms with Crippen LogP contribution in [0.1, 0.15) is 0 Å². The lowest BCUT2D eigenvalue weighted by Crippen LogP contribution is -2.50. The minimum absolute atomic E-state index is 0.0484. The molecule has 1 saturated heterocycles. The molecule has 4 rings (SSSR count). The van der Waals surface area contributed by atoms with Gasteiger partial charge in [0.2, 0.25) is 5.91 Å². The van der Waals surface area contributed by atoms with E-state index in [4.69, 9.17) is 0 Å². The van der Waals surface area contributed by atoms with Crippen LogP contribution in [-0.2, 0) is 18.4 Å². The number of carbonyl (C=O) groups is 1. The van der Waals surface area contributed by atoms with Crippen molar-refractivity contribution >= 4 is 22.6 Å². The molecule has 0 unspecified atom stereocenters. The number of piperazine rings is 1. The minimum Gasteiger partial charge on any atom is -0.368 e. The van der Waals surface area contributed by atoms with Crippen molar-refractivity contribution < 1.29 is 9.18 Å². The predicted octanol–water partition coefficient (Wildman–Crippen LogP) is 0.618. The highest BCUT2D eigenvalue weighted by atomic mass is 19.1. The second-order valence-electron chi connectivity index (χ2n) is 6.53. The van der Waals surface area contributed by atoms with Crippen LogP contribution in [0.4, 0.5) is 10.1 Å². The van der Waals surface area contributed by atoms with Crippen molar-refractivity contribution in [3.63, 3.8) is 0 Å². The van der Waals surface area contributed by atoms with E-state index in [2.05, 4.69) is 15.0 Å². The third-order valence-electron chi connectivity index (χ3n) is 4.85. The minimum atomic E-state index is -0.272. The number of amides is 1. The molecule has 1 aromatic carbocycles. The van der Waals surface area contributed by atoms with Gasteiger partial charge >= 0.3 is 0 Å². The first-order valence-electron chi connectivity index (χ1n) is 8.68. The molecule has 3 aromatic rings. The number of aryl methyl sites for hydroxylation is 1. The Morgan fingerprint density at radius 3 is 2.56 bits per heavy atom. The van der Waals surface area contributed by atoms with E-state index in [9.17, 15) is 14.0 Å². The molecule has 1 aliphatic heterocycles. The molecule has 1 amide bonds. The maximum atomic E-state index is 13.1. The van der Waals surface area contributed by atoms with E-state index < -0.39 is 0 Å². The Bertz CT molecular complexity index is 1030. The Labute approximate surface area is 154 Å². The molecule has 8 nitrogen and oxygen atoms in total. The van der Waals surface area contributed by atoms with Gasteiger partial charge in [0.25, 0.3) is 5.56 Å². The largest absolute Gasteiger partial charge is 0.368 e. The van der Waals surface area contributed by atoms with Gasteiger partial charge in [0.05, 0.1) is 6.20 Å². The number of hydrogen-bond donors (Lipinski definition) is 0. The van der Waals surface area contributed by atoms with Gasteiger partial charge in [0, 0.05) is 38.9 Å². The molecule has 0 atom stereocenters. The van der Waals surface area contributed by atoms with Crippen LogP contribution >= 0.6 is 0 Å². The van der Waals surface area contributed by atoms with Crippen molar-refractivity contribution in [3.05, 3.63) is 53.0 Å². The highest BCUT2D eigenvalue weighted by molar-refractivity contribution is 5.77. The molecule has 0 aliphatic carbocycles. The van der Waals surface area contributed by atoms with Crippen LogP contribution in [0.25, 0.3) is 11.0 Å². The first kappa shape index (κ1) is 17.2. The summed E-state index contributed by atoms with van der Waals surface area (Å²) in [6, 6.07) is 6.34.